The smallest absolute Gasteiger partial charge is 0.435 e. The van der Waals surface area contributed by atoms with Crippen molar-refractivity contribution >= 4 is 29.1 Å². The van der Waals surface area contributed by atoms with Crippen LogP contribution in [-0.4, -0.2) is 21.7 Å². The first-order chi connectivity index (χ1) is 17.9. The number of para-hydroxylation sites is 1. The van der Waals surface area contributed by atoms with E-state index in [-0.39, 0.29) is 45.9 Å². The van der Waals surface area contributed by atoms with Gasteiger partial charge in [-0.3, -0.25) is 4.79 Å². The molecule has 5 nitrogen and oxygen atoms in total. The Morgan fingerprint density at radius 2 is 1.82 bits per heavy atom. The number of rotatable bonds is 7. The second-order valence-electron chi connectivity index (χ2n) is 9.35. The molecule has 1 aliphatic rings. The van der Waals surface area contributed by atoms with Crippen LogP contribution in [0.25, 0.3) is 5.69 Å². The van der Waals surface area contributed by atoms with Crippen molar-refractivity contribution in [1.82, 2.24) is 15.1 Å². The van der Waals surface area contributed by atoms with E-state index in [1.807, 2.05) is 45.1 Å². The quantitative estimate of drug-likeness (QED) is 0.318. The average Bonchev–Trinajstić information content (AvgIpc) is 3.27. The van der Waals surface area contributed by atoms with Gasteiger partial charge in [-0.2, -0.15) is 18.3 Å². The van der Waals surface area contributed by atoms with Crippen molar-refractivity contribution in [3.8, 4) is 5.69 Å². The molecule has 1 N–H and O–H groups in total. The van der Waals surface area contributed by atoms with Crippen LogP contribution in [-0.2, 0) is 17.5 Å². The molecular formula is C28H26Cl2F3N3O2. The number of nitrogens with zero attached hydrogens (tertiary/aromatic N) is 2. The summed E-state index contributed by atoms with van der Waals surface area (Å²) in [6.45, 7) is 5.55. The van der Waals surface area contributed by atoms with Crippen molar-refractivity contribution < 1.29 is 22.7 Å². The molecule has 0 bridgehead atoms. The third-order valence-electron chi connectivity index (χ3n) is 6.05. The molecule has 1 amide bonds. The highest BCUT2D eigenvalue weighted by Gasteiger charge is 2.35. The lowest BCUT2D eigenvalue weighted by atomic mass is 9.88. The van der Waals surface area contributed by atoms with Gasteiger partial charge in [-0.15, -0.1) is 0 Å². The van der Waals surface area contributed by atoms with Gasteiger partial charge in [-0.05, 0) is 74.7 Å². The summed E-state index contributed by atoms with van der Waals surface area (Å²) < 4.78 is 47.4. The molecular weight excluding hydrogens is 538 g/mol. The van der Waals surface area contributed by atoms with Crippen molar-refractivity contribution in [3.63, 3.8) is 0 Å². The third kappa shape index (κ3) is 6.25. The highest BCUT2D eigenvalue weighted by molar-refractivity contribution is 6.37. The molecule has 2 aromatic carbocycles. The van der Waals surface area contributed by atoms with Crippen LogP contribution in [0.1, 0.15) is 60.4 Å². The minimum atomic E-state index is -4.65. The zero-order chi connectivity index (χ0) is 27.6. The molecule has 3 aromatic rings. The number of ether oxygens (including phenoxy) is 1. The van der Waals surface area contributed by atoms with Crippen molar-refractivity contribution in [2.45, 2.75) is 51.9 Å². The van der Waals surface area contributed by atoms with Gasteiger partial charge in [0.05, 0.1) is 15.7 Å². The van der Waals surface area contributed by atoms with Gasteiger partial charge < -0.3 is 10.1 Å². The largest absolute Gasteiger partial charge is 0.487 e. The number of carbonyl (C=O) groups is 1. The molecule has 1 aromatic heterocycles. The van der Waals surface area contributed by atoms with E-state index in [0.717, 1.165) is 21.9 Å². The van der Waals surface area contributed by atoms with Gasteiger partial charge in [-0.1, -0.05) is 47.5 Å². The molecule has 0 spiro atoms. The van der Waals surface area contributed by atoms with Gasteiger partial charge >= 0.3 is 6.18 Å². The maximum absolute atomic E-state index is 13.5. The van der Waals surface area contributed by atoms with Crippen LogP contribution in [0.3, 0.4) is 0 Å². The van der Waals surface area contributed by atoms with Crippen LogP contribution >= 0.6 is 23.2 Å². The maximum atomic E-state index is 13.5. The molecule has 1 atom stereocenters. The molecule has 200 valence electrons. The van der Waals surface area contributed by atoms with E-state index in [4.69, 9.17) is 27.9 Å². The van der Waals surface area contributed by atoms with Crippen LogP contribution < -0.4 is 5.32 Å². The molecule has 0 fully saturated rings. The first-order valence-corrected chi connectivity index (χ1v) is 12.7. The lowest BCUT2D eigenvalue weighted by Gasteiger charge is -2.21. The Morgan fingerprint density at radius 1 is 1.16 bits per heavy atom. The fraction of sp³-hybridized carbons (Fsp3) is 0.286. The first-order valence-electron chi connectivity index (χ1n) is 12.0. The summed E-state index contributed by atoms with van der Waals surface area (Å²) in [7, 11) is 0. The number of benzene rings is 2. The van der Waals surface area contributed by atoms with Crippen molar-refractivity contribution in [1.29, 1.82) is 0 Å². The zero-order valence-corrected chi connectivity index (χ0v) is 22.5. The van der Waals surface area contributed by atoms with Gasteiger partial charge in [0, 0.05) is 17.5 Å². The van der Waals surface area contributed by atoms with E-state index in [1.165, 1.54) is 12.1 Å². The van der Waals surface area contributed by atoms with Crippen LogP contribution in [0.4, 0.5) is 13.2 Å². The van der Waals surface area contributed by atoms with E-state index in [2.05, 4.69) is 10.4 Å². The second kappa shape index (κ2) is 11.3. The average molecular weight is 564 g/mol. The number of allylic oxidation sites excluding steroid dienone is 3. The molecule has 0 saturated carbocycles. The Balaban J connectivity index is 1.50. The standard InChI is InChI=1S/C28H26Cl2F3N3O2/c1-16(2)34-27(37)19-9-7-18(8-10-19)20-11-12-24(17(3)13-20)38-15-21-14-25(28(31,32)33)35-36(21)26-22(29)5-4-6-23(26)30/h4-12,14,16,20H,13,15H2,1-3H3,(H,34,37). The van der Waals surface area contributed by atoms with E-state index >= 15 is 0 Å². The highest BCUT2D eigenvalue weighted by Crippen LogP contribution is 2.35. The topological polar surface area (TPSA) is 56.2 Å². The number of alkyl halides is 3. The molecule has 38 heavy (non-hydrogen) atoms. The number of hydrogen-bond donors (Lipinski definition) is 1. The molecule has 4 rings (SSSR count). The number of carbonyl (C=O) groups excluding carboxylic acids is 1. The lowest BCUT2D eigenvalue weighted by Crippen LogP contribution is -2.30. The zero-order valence-electron chi connectivity index (χ0n) is 20.9. The molecule has 1 unspecified atom stereocenters. The highest BCUT2D eigenvalue weighted by atomic mass is 35.5. The van der Waals surface area contributed by atoms with Crippen molar-refractivity contribution in [2.75, 3.05) is 0 Å². The Kier molecular flexibility index (Phi) is 8.23. The predicted octanol–water partition coefficient (Wildman–Crippen LogP) is 7.87. The number of amides is 1. The molecule has 10 heteroatoms. The SMILES string of the molecule is CC1=C(OCc2cc(C(F)(F)F)nn2-c2c(Cl)cccc2Cl)C=CC(c2ccc(C(=O)NC(C)C)cc2)C1. The third-order valence-corrected chi connectivity index (χ3v) is 6.66. The summed E-state index contributed by atoms with van der Waals surface area (Å²) in [6.07, 6.45) is -0.190. The summed E-state index contributed by atoms with van der Waals surface area (Å²) in [6, 6.07) is 13.1. The fourth-order valence-electron chi connectivity index (χ4n) is 4.17. The van der Waals surface area contributed by atoms with Gasteiger partial charge in [0.1, 0.15) is 18.1 Å². The van der Waals surface area contributed by atoms with E-state index in [0.29, 0.717) is 17.7 Å². The van der Waals surface area contributed by atoms with Crippen molar-refractivity contribution in [3.05, 3.63) is 105 Å². The Labute approximate surface area is 228 Å². The molecule has 1 heterocycles. The summed E-state index contributed by atoms with van der Waals surface area (Å²) >= 11 is 12.5. The molecule has 0 aliphatic heterocycles. The van der Waals surface area contributed by atoms with Crippen LogP contribution in [0, 0.1) is 0 Å². The number of halogens is 5. The fourth-order valence-corrected chi connectivity index (χ4v) is 4.73. The number of aromatic nitrogens is 2. The predicted molar refractivity (Wildman–Crippen MR) is 142 cm³/mol. The van der Waals surface area contributed by atoms with Crippen LogP contribution in [0.5, 0.6) is 0 Å². The monoisotopic (exact) mass is 563 g/mol. The first kappa shape index (κ1) is 27.8. The Hall–Kier alpha value is -3.23. The molecule has 0 radical (unpaired) electrons. The normalized spacial score (nSPS) is 15.8. The van der Waals surface area contributed by atoms with Gasteiger partial charge in [0.2, 0.25) is 0 Å². The summed E-state index contributed by atoms with van der Waals surface area (Å²) in [5.74, 6) is 0.526. The van der Waals surface area contributed by atoms with Crippen LogP contribution in [0.15, 0.2) is 72.0 Å². The summed E-state index contributed by atoms with van der Waals surface area (Å²) in [5.41, 5.74) is 1.81. The van der Waals surface area contributed by atoms with Gasteiger partial charge in [0.25, 0.3) is 5.91 Å². The minimum Gasteiger partial charge on any atom is -0.487 e. The molecule has 1 aliphatic carbocycles. The number of hydrogen-bond acceptors (Lipinski definition) is 3. The lowest BCUT2D eigenvalue weighted by molar-refractivity contribution is -0.141. The van der Waals surface area contributed by atoms with Crippen molar-refractivity contribution in [2.24, 2.45) is 0 Å². The Morgan fingerprint density at radius 3 is 2.39 bits per heavy atom. The summed E-state index contributed by atoms with van der Waals surface area (Å²) in [4.78, 5) is 12.2. The van der Waals surface area contributed by atoms with E-state index < -0.39 is 11.9 Å². The maximum Gasteiger partial charge on any atom is 0.435 e. The van der Waals surface area contributed by atoms with Gasteiger partial charge in [0.15, 0.2) is 5.69 Å². The van der Waals surface area contributed by atoms with E-state index in [1.54, 1.807) is 18.2 Å². The van der Waals surface area contributed by atoms with Crippen LogP contribution in [0.2, 0.25) is 10.0 Å². The number of nitrogens with one attached hydrogen (secondary N) is 1. The second-order valence-corrected chi connectivity index (χ2v) is 10.2. The summed E-state index contributed by atoms with van der Waals surface area (Å²) in [5, 5.41) is 6.92. The minimum absolute atomic E-state index is 0.0509. The Bertz CT molecular complexity index is 1370. The van der Waals surface area contributed by atoms with E-state index in [9.17, 15) is 18.0 Å². The van der Waals surface area contributed by atoms with Gasteiger partial charge in [-0.25, -0.2) is 4.68 Å². The molecule has 0 saturated heterocycles.